The van der Waals surface area contributed by atoms with Gasteiger partial charge in [0.25, 0.3) is 5.92 Å². The lowest BCUT2D eigenvalue weighted by Gasteiger charge is -2.13. The van der Waals surface area contributed by atoms with Crippen LogP contribution in [0.5, 0.6) is 0 Å². The topological polar surface area (TPSA) is 20.2 Å². The second kappa shape index (κ2) is 4.14. The summed E-state index contributed by atoms with van der Waals surface area (Å²) in [7, 11) is 0. The molecule has 0 amide bonds. The van der Waals surface area contributed by atoms with Crippen molar-refractivity contribution < 1.29 is 27.1 Å². The predicted molar refractivity (Wildman–Crippen MR) is 42.1 cm³/mol. The molecule has 1 nitrogen and oxygen atoms in total. The van der Waals surface area contributed by atoms with Crippen LogP contribution in [0.3, 0.4) is 0 Å². The summed E-state index contributed by atoms with van der Waals surface area (Å²) in [5, 5.41) is 8.23. The lowest BCUT2D eigenvalue weighted by Crippen LogP contribution is -2.25. The van der Waals surface area contributed by atoms with E-state index in [-0.39, 0.29) is 6.07 Å². The first-order valence-electron chi connectivity index (χ1n) is 3.98. The molecule has 0 unspecified atom stereocenters. The average molecular weight is 226 g/mol. The van der Waals surface area contributed by atoms with Crippen LogP contribution >= 0.6 is 0 Å². The van der Waals surface area contributed by atoms with Crippen molar-refractivity contribution in [1.29, 1.82) is 0 Å². The number of benzene rings is 1. The van der Waals surface area contributed by atoms with Gasteiger partial charge in [0.15, 0.2) is 11.6 Å². The SMILES string of the molecule is OCC(F)(F)Cc1cc(F)c(F)cc1F. The maximum absolute atomic E-state index is 12.9. The fourth-order valence-corrected chi connectivity index (χ4v) is 1.03. The number of aliphatic hydroxyl groups excluding tert-OH is 1. The van der Waals surface area contributed by atoms with E-state index in [1.54, 1.807) is 0 Å². The zero-order chi connectivity index (χ0) is 11.6. The van der Waals surface area contributed by atoms with E-state index < -0.39 is 42.0 Å². The monoisotopic (exact) mass is 226 g/mol. The van der Waals surface area contributed by atoms with Crippen molar-refractivity contribution in [3.8, 4) is 0 Å². The van der Waals surface area contributed by atoms with Crippen molar-refractivity contribution in [2.45, 2.75) is 12.3 Å². The molecule has 0 aromatic heterocycles. The van der Waals surface area contributed by atoms with E-state index in [1.165, 1.54) is 0 Å². The number of hydrogen-bond donors (Lipinski definition) is 1. The summed E-state index contributed by atoms with van der Waals surface area (Å²) < 4.78 is 63.1. The van der Waals surface area contributed by atoms with Gasteiger partial charge < -0.3 is 5.11 Å². The Morgan fingerprint density at radius 3 is 2.07 bits per heavy atom. The van der Waals surface area contributed by atoms with Gasteiger partial charge in [-0.15, -0.1) is 0 Å². The second-order valence-corrected chi connectivity index (χ2v) is 3.05. The molecule has 1 N–H and O–H groups in total. The smallest absolute Gasteiger partial charge is 0.274 e. The van der Waals surface area contributed by atoms with E-state index in [0.717, 1.165) is 0 Å². The molecule has 0 radical (unpaired) electrons. The Morgan fingerprint density at radius 2 is 1.53 bits per heavy atom. The van der Waals surface area contributed by atoms with E-state index in [1.807, 2.05) is 0 Å². The molecule has 1 rings (SSSR count). The van der Waals surface area contributed by atoms with Gasteiger partial charge in [-0.2, -0.15) is 0 Å². The van der Waals surface area contributed by atoms with Gasteiger partial charge in [-0.3, -0.25) is 0 Å². The minimum Gasteiger partial charge on any atom is -0.390 e. The van der Waals surface area contributed by atoms with E-state index in [4.69, 9.17) is 5.11 Å². The third-order valence-corrected chi connectivity index (χ3v) is 1.77. The Bertz CT molecular complexity index is 364. The summed E-state index contributed by atoms with van der Waals surface area (Å²) in [6.07, 6.45) is -1.17. The van der Waals surface area contributed by atoms with Gasteiger partial charge >= 0.3 is 0 Å². The molecule has 0 aliphatic rings. The molecule has 1 aromatic carbocycles. The lowest BCUT2D eigenvalue weighted by atomic mass is 10.1. The Labute approximate surface area is 82.1 Å². The molecule has 15 heavy (non-hydrogen) atoms. The Morgan fingerprint density at radius 1 is 1.00 bits per heavy atom. The summed E-state index contributed by atoms with van der Waals surface area (Å²) >= 11 is 0. The molecule has 0 atom stereocenters. The minimum absolute atomic E-state index is 0.193. The van der Waals surface area contributed by atoms with Gasteiger partial charge in [-0.1, -0.05) is 0 Å². The molecule has 6 heteroatoms. The standard InChI is InChI=1S/C9H7F5O/c10-6-2-8(12)7(11)1-5(6)3-9(13,14)4-15/h1-2,15H,3-4H2. The summed E-state index contributed by atoms with van der Waals surface area (Å²) in [6, 6.07) is 0.548. The first kappa shape index (κ1) is 11.9. The van der Waals surface area contributed by atoms with Crippen LogP contribution in [0.25, 0.3) is 0 Å². The van der Waals surface area contributed by atoms with Crippen LogP contribution in [0.1, 0.15) is 5.56 Å². The molecule has 0 saturated carbocycles. The highest BCUT2D eigenvalue weighted by molar-refractivity contribution is 5.21. The molecule has 1 aromatic rings. The third-order valence-electron chi connectivity index (χ3n) is 1.77. The third kappa shape index (κ3) is 2.89. The Hall–Kier alpha value is -1.17. The van der Waals surface area contributed by atoms with E-state index in [0.29, 0.717) is 6.07 Å². The van der Waals surface area contributed by atoms with Crippen molar-refractivity contribution in [1.82, 2.24) is 0 Å². The predicted octanol–water partition coefficient (Wildman–Crippen LogP) is 2.27. The average Bonchev–Trinajstić information content (AvgIpc) is 2.14. The van der Waals surface area contributed by atoms with Crippen molar-refractivity contribution in [3.05, 3.63) is 35.1 Å². The van der Waals surface area contributed by atoms with Crippen molar-refractivity contribution in [2.24, 2.45) is 0 Å². The van der Waals surface area contributed by atoms with Gasteiger partial charge in [0, 0.05) is 12.5 Å². The molecule has 0 fully saturated rings. The van der Waals surface area contributed by atoms with Gasteiger partial charge in [-0.05, 0) is 11.6 Å². The number of rotatable bonds is 3. The lowest BCUT2D eigenvalue weighted by molar-refractivity contribution is -0.0494. The Balaban J connectivity index is 3.01. The van der Waals surface area contributed by atoms with Crippen LogP contribution in [0.4, 0.5) is 22.0 Å². The van der Waals surface area contributed by atoms with Crippen LogP contribution in [0.2, 0.25) is 0 Å². The molecule has 0 spiro atoms. The fraction of sp³-hybridized carbons (Fsp3) is 0.333. The number of alkyl halides is 2. The van der Waals surface area contributed by atoms with Crippen LogP contribution in [-0.2, 0) is 6.42 Å². The first-order valence-corrected chi connectivity index (χ1v) is 3.98. The molecular formula is C9H7F5O. The zero-order valence-electron chi connectivity index (χ0n) is 7.41. The largest absolute Gasteiger partial charge is 0.390 e. The molecule has 0 aliphatic heterocycles. The molecule has 84 valence electrons. The van der Waals surface area contributed by atoms with E-state index in [2.05, 4.69) is 0 Å². The normalized spacial score (nSPS) is 11.9. The summed E-state index contributed by atoms with van der Waals surface area (Å²) in [5.74, 6) is -7.66. The van der Waals surface area contributed by atoms with Crippen LogP contribution < -0.4 is 0 Å². The minimum atomic E-state index is -3.55. The zero-order valence-corrected chi connectivity index (χ0v) is 7.41. The first-order chi connectivity index (χ1) is 6.85. The highest BCUT2D eigenvalue weighted by Crippen LogP contribution is 2.22. The van der Waals surface area contributed by atoms with Crippen molar-refractivity contribution >= 4 is 0 Å². The van der Waals surface area contributed by atoms with Crippen LogP contribution in [0.15, 0.2) is 12.1 Å². The van der Waals surface area contributed by atoms with Crippen molar-refractivity contribution in [3.63, 3.8) is 0 Å². The van der Waals surface area contributed by atoms with Crippen molar-refractivity contribution in [2.75, 3.05) is 6.61 Å². The summed E-state index contributed by atoms with van der Waals surface area (Å²) in [6.45, 7) is -1.48. The van der Waals surface area contributed by atoms with Gasteiger partial charge in [-0.25, -0.2) is 22.0 Å². The van der Waals surface area contributed by atoms with E-state index in [9.17, 15) is 22.0 Å². The number of aliphatic hydroxyl groups is 1. The summed E-state index contributed by atoms with van der Waals surface area (Å²) in [4.78, 5) is 0. The van der Waals surface area contributed by atoms with Gasteiger partial charge in [0.2, 0.25) is 0 Å². The maximum Gasteiger partial charge on any atom is 0.274 e. The Kier molecular flexibility index (Phi) is 3.28. The number of halogens is 5. The van der Waals surface area contributed by atoms with Crippen LogP contribution in [0, 0.1) is 17.5 Å². The number of hydrogen-bond acceptors (Lipinski definition) is 1. The molecule has 0 saturated heterocycles. The van der Waals surface area contributed by atoms with E-state index >= 15 is 0 Å². The fourth-order valence-electron chi connectivity index (χ4n) is 1.03. The molecular weight excluding hydrogens is 219 g/mol. The highest BCUT2D eigenvalue weighted by atomic mass is 19.3. The molecule has 0 bridgehead atoms. The van der Waals surface area contributed by atoms with Crippen LogP contribution in [-0.4, -0.2) is 17.6 Å². The van der Waals surface area contributed by atoms with Gasteiger partial charge in [0.05, 0.1) is 0 Å². The van der Waals surface area contributed by atoms with Gasteiger partial charge in [0.1, 0.15) is 12.4 Å². The second-order valence-electron chi connectivity index (χ2n) is 3.05. The maximum atomic E-state index is 12.9. The highest BCUT2D eigenvalue weighted by Gasteiger charge is 2.30. The quantitative estimate of drug-likeness (QED) is 0.619. The summed E-state index contributed by atoms with van der Waals surface area (Å²) in [5.41, 5.74) is -0.673. The molecule has 0 heterocycles. The molecule has 0 aliphatic carbocycles.